The van der Waals surface area contributed by atoms with Crippen LogP contribution in [0.3, 0.4) is 0 Å². The van der Waals surface area contributed by atoms with Gasteiger partial charge in [0.05, 0.1) is 18.4 Å². The topological polar surface area (TPSA) is 71.2 Å². The molecule has 0 aliphatic carbocycles. The summed E-state index contributed by atoms with van der Waals surface area (Å²) in [5.74, 6) is 0.746. The molecule has 1 aromatic rings. The molecule has 88 valence electrons. The molecule has 1 amide bonds. The summed E-state index contributed by atoms with van der Waals surface area (Å²) in [5, 5.41) is 2.59. The van der Waals surface area contributed by atoms with Gasteiger partial charge >= 0.3 is 0 Å². The predicted octanol–water partition coefficient (Wildman–Crippen LogP) is 0.545. The second kappa shape index (κ2) is 5.34. The number of nitrogens with two attached hydrogens (primary N) is 1. The standard InChI is InChI=1S/C11H18N4O/c1-4-15(7-11(16)13-3)10-5-8(2)9(12)6-14-10/h5-6H,4,7,12H2,1-3H3,(H,13,16). The Balaban J connectivity index is 2.86. The normalized spacial score (nSPS) is 9.94. The third kappa shape index (κ3) is 2.85. The molecule has 0 atom stereocenters. The van der Waals surface area contributed by atoms with E-state index in [4.69, 9.17) is 5.73 Å². The minimum atomic E-state index is -0.0295. The maximum absolute atomic E-state index is 11.3. The van der Waals surface area contributed by atoms with E-state index in [0.29, 0.717) is 12.2 Å². The average molecular weight is 222 g/mol. The number of nitrogen functional groups attached to an aromatic ring is 1. The fraction of sp³-hybridized carbons (Fsp3) is 0.455. The van der Waals surface area contributed by atoms with Gasteiger partial charge in [-0.1, -0.05) is 0 Å². The lowest BCUT2D eigenvalue weighted by atomic mass is 10.2. The van der Waals surface area contributed by atoms with Gasteiger partial charge < -0.3 is 16.0 Å². The first-order valence-corrected chi connectivity index (χ1v) is 5.26. The highest BCUT2D eigenvalue weighted by molar-refractivity contribution is 5.80. The van der Waals surface area contributed by atoms with Gasteiger partial charge in [0, 0.05) is 13.6 Å². The SMILES string of the molecule is CCN(CC(=O)NC)c1cc(C)c(N)cn1. The van der Waals surface area contributed by atoms with Gasteiger partial charge in [0.15, 0.2) is 0 Å². The van der Waals surface area contributed by atoms with Crippen LogP contribution in [0.1, 0.15) is 12.5 Å². The molecule has 16 heavy (non-hydrogen) atoms. The van der Waals surface area contributed by atoms with E-state index in [0.717, 1.165) is 17.9 Å². The van der Waals surface area contributed by atoms with E-state index in [1.54, 1.807) is 13.2 Å². The van der Waals surface area contributed by atoms with Crippen LogP contribution < -0.4 is 16.0 Å². The zero-order valence-corrected chi connectivity index (χ0v) is 9.95. The lowest BCUT2D eigenvalue weighted by molar-refractivity contribution is -0.119. The summed E-state index contributed by atoms with van der Waals surface area (Å²) in [7, 11) is 1.62. The molecule has 5 nitrogen and oxygen atoms in total. The van der Waals surface area contributed by atoms with Gasteiger partial charge in [-0.2, -0.15) is 0 Å². The summed E-state index contributed by atoms with van der Waals surface area (Å²) in [5.41, 5.74) is 7.34. The molecule has 0 saturated carbocycles. The van der Waals surface area contributed by atoms with Crippen molar-refractivity contribution in [3.63, 3.8) is 0 Å². The van der Waals surface area contributed by atoms with Crippen LogP contribution in [0.15, 0.2) is 12.3 Å². The molecule has 0 bridgehead atoms. The van der Waals surface area contributed by atoms with E-state index in [-0.39, 0.29) is 5.91 Å². The van der Waals surface area contributed by atoms with Crippen molar-refractivity contribution in [2.45, 2.75) is 13.8 Å². The van der Waals surface area contributed by atoms with E-state index in [1.807, 2.05) is 24.8 Å². The number of hydrogen-bond acceptors (Lipinski definition) is 4. The fourth-order valence-electron chi connectivity index (χ4n) is 1.33. The molecule has 3 N–H and O–H groups in total. The maximum Gasteiger partial charge on any atom is 0.239 e. The van der Waals surface area contributed by atoms with E-state index in [2.05, 4.69) is 10.3 Å². The van der Waals surface area contributed by atoms with Crippen molar-refractivity contribution in [1.82, 2.24) is 10.3 Å². The van der Waals surface area contributed by atoms with E-state index in [1.165, 1.54) is 0 Å². The highest BCUT2D eigenvalue weighted by Gasteiger charge is 2.10. The van der Waals surface area contributed by atoms with Gasteiger partial charge in [0.25, 0.3) is 0 Å². The Morgan fingerprint density at radius 3 is 2.81 bits per heavy atom. The van der Waals surface area contributed by atoms with Crippen molar-refractivity contribution in [2.24, 2.45) is 0 Å². The summed E-state index contributed by atoms with van der Waals surface area (Å²) < 4.78 is 0. The average Bonchev–Trinajstić information content (AvgIpc) is 2.29. The minimum absolute atomic E-state index is 0.0295. The van der Waals surface area contributed by atoms with Crippen LogP contribution in [0.25, 0.3) is 0 Å². The number of amides is 1. The number of likely N-dealkylation sites (N-methyl/N-ethyl adjacent to an activating group) is 2. The van der Waals surface area contributed by atoms with Gasteiger partial charge in [-0.3, -0.25) is 4.79 Å². The number of pyridine rings is 1. The summed E-state index contributed by atoms with van der Waals surface area (Å²) in [6.45, 7) is 4.94. The number of carbonyl (C=O) groups is 1. The van der Waals surface area contributed by atoms with Crippen LogP contribution in [0.4, 0.5) is 11.5 Å². The second-order valence-corrected chi connectivity index (χ2v) is 3.59. The van der Waals surface area contributed by atoms with Crippen molar-refractivity contribution in [1.29, 1.82) is 0 Å². The van der Waals surface area contributed by atoms with Gasteiger partial charge in [0.2, 0.25) is 5.91 Å². The molecular weight excluding hydrogens is 204 g/mol. The fourth-order valence-corrected chi connectivity index (χ4v) is 1.33. The minimum Gasteiger partial charge on any atom is -0.397 e. The summed E-state index contributed by atoms with van der Waals surface area (Å²) in [6.07, 6.45) is 1.62. The van der Waals surface area contributed by atoms with E-state index < -0.39 is 0 Å². The number of anilines is 2. The zero-order chi connectivity index (χ0) is 12.1. The number of nitrogens with one attached hydrogen (secondary N) is 1. The van der Waals surface area contributed by atoms with Crippen molar-refractivity contribution in [3.05, 3.63) is 17.8 Å². The molecule has 0 radical (unpaired) electrons. The molecule has 0 aliphatic heterocycles. The third-order valence-corrected chi connectivity index (χ3v) is 2.46. The Hall–Kier alpha value is -1.78. The summed E-state index contributed by atoms with van der Waals surface area (Å²) in [4.78, 5) is 17.4. The van der Waals surface area contributed by atoms with Gasteiger partial charge in [-0.15, -0.1) is 0 Å². The first-order chi connectivity index (χ1) is 7.58. The number of hydrogen-bond donors (Lipinski definition) is 2. The number of carbonyl (C=O) groups excluding carboxylic acids is 1. The largest absolute Gasteiger partial charge is 0.397 e. The third-order valence-electron chi connectivity index (χ3n) is 2.46. The monoisotopic (exact) mass is 222 g/mol. The van der Waals surface area contributed by atoms with Gasteiger partial charge in [-0.05, 0) is 25.5 Å². The number of rotatable bonds is 4. The molecule has 0 saturated heterocycles. The maximum atomic E-state index is 11.3. The van der Waals surface area contributed by atoms with Crippen LogP contribution in [0, 0.1) is 6.92 Å². The van der Waals surface area contributed by atoms with E-state index in [9.17, 15) is 4.79 Å². The Morgan fingerprint density at radius 1 is 1.62 bits per heavy atom. The number of aryl methyl sites for hydroxylation is 1. The predicted molar refractivity (Wildman–Crippen MR) is 65.3 cm³/mol. The van der Waals surface area contributed by atoms with Crippen molar-refractivity contribution >= 4 is 17.4 Å². The Labute approximate surface area is 95.7 Å². The van der Waals surface area contributed by atoms with Crippen LogP contribution in [0.2, 0.25) is 0 Å². The highest BCUT2D eigenvalue weighted by Crippen LogP contribution is 2.16. The van der Waals surface area contributed by atoms with Crippen LogP contribution in [-0.2, 0) is 4.79 Å². The zero-order valence-electron chi connectivity index (χ0n) is 9.95. The molecule has 0 aromatic carbocycles. The highest BCUT2D eigenvalue weighted by atomic mass is 16.1. The van der Waals surface area contributed by atoms with Crippen LogP contribution >= 0.6 is 0 Å². The number of nitrogens with zero attached hydrogens (tertiary/aromatic N) is 2. The first-order valence-electron chi connectivity index (χ1n) is 5.26. The Kier molecular flexibility index (Phi) is 4.10. The molecule has 0 spiro atoms. The molecule has 1 rings (SSSR count). The molecule has 5 heteroatoms. The first kappa shape index (κ1) is 12.3. The van der Waals surface area contributed by atoms with Gasteiger partial charge in [-0.25, -0.2) is 4.98 Å². The molecular formula is C11H18N4O. The molecule has 0 fully saturated rings. The lowest BCUT2D eigenvalue weighted by Gasteiger charge is -2.21. The molecule has 0 unspecified atom stereocenters. The Bertz CT molecular complexity index is 378. The van der Waals surface area contributed by atoms with Crippen molar-refractivity contribution < 1.29 is 4.79 Å². The molecule has 1 aromatic heterocycles. The van der Waals surface area contributed by atoms with Crippen LogP contribution in [0.5, 0.6) is 0 Å². The lowest BCUT2D eigenvalue weighted by Crippen LogP contribution is -2.36. The van der Waals surface area contributed by atoms with E-state index >= 15 is 0 Å². The smallest absolute Gasteiger partial charge is 0.239 e. The summed E-state index contributed by atoms with van der Waals surface area (Å²) in [6, 6.07) is 1.89. The second-order valence-electron chi connectivity index (χ2n) is 3.59. The van der Waals surface area contributed by atoms with Gasteiger partial charge in [0.1, 0.15) is 5.82 Å². The quantitative estimate of drug-likeness (QED) is 0.780. The summed E-state index contributed by atoms with van der Waals surface area (Å²) >= 11 is 0. The Morgan fingerprint density at radius 2 is 2.31 bits per heavy atom. The van der Waals surface area contributed by atoms with Crippen LogP contribution in [-0.4, -0.2) is 31.0 Å². The van der Waals surface area contributed by atoms with Crippen molar-refractivity contribution in [3.8, 4) is 0 Å². The molecule has 0 aliphatic rings. The molecule has 1 heterocycles. The van der Waals surface area contributed by atoms with Crippen molar-refractivity contribution in [2.75, 3.05) is 30.8 Å². The number of aromatic nitrogens is 1.